The van der Waals surface area contributed by atoms with Gasteiger partial charge in [-0.3, -0.25) is 24.0 Å². The summed E-state index contributed by atoms with van der Waals surface area (Å²) in [5.41, 5.74) is -1.46. The van der Waals surface area contributed by atoms with Crippen LogP contribution in [0.15, 0.2) is 0 Å². The molecule has 3 saturated carbocycles. The molecule has 1 saturated heterocycles. The van der Waals surface area contributed by atoms with Crippen LogP contribution in [0, 0.1) is 23.2 Å². The number of nitrogens with one attached hydrogen (secondary N) is 4. The molecule has 0 radical (unpaired) electrons. The minimum atomic E-state index is -0.975. The summed E-state index contributed by atoms with van der Waals surface area (Å²) < 4.78 is 5.47. The zero-order valence-electron chi connectivity index (χ0n) is 28.7. The lowest BCUT2D eigenvalue weighted by atomic mass is 9.82. The normalized spacial score (nSPS) is 24.9. The Morgan fingerprint density at radius 2 is 1.52 bits per heavy atom. The third-order valence-corrected chi connectivity index (χ3v) is 9.52. The molecule has 12 nitrogen and oxygen atoms in total. The fourth-order valence-corrected chi connectivity index (χ4v) is 6.83. The second kappa shape index (κ2) is 14.3. The van der Waals surface area contributed by atoms with Crippen LogP contribution < -0.4 is 21.3 Å². The highest BCUT2D eigenvalue weighted by molar-refractivity contribution is 6.38. The number of Topliss-reactive ketones (excluding diaryl/α,β-unsaturated/α-hetero) is 1. The number of fused-ring (bicyclic) bond motifs is 1. The third-order valence-electron chi connectivity index (χ3n) is 9.52. The average molecular weight is 646 g/mol. The number of hydrogen-bond acceptors (Lipinski definition) is 7. The average Bonchev–Trinajstić information content (AvgIpc) is 3.90. The van der Waals surface area contributed by atoms with Gasteiger partial charge in [-0.2, -0.15) is 0 Å². The molecule has 6 atom stereocenters. The lowest BCUT2D eigenvalue weighted by molar-refractivity contribution is -0.146. The van der Waals surface area contributed by atoms with Crippen molar-refractivity contribution < 1.29 is 33.5 Å². The van der Waals surface area contributed by atoms with Crippen LogP contribution in [0.2, 0.25) is 0 Å². The summed E-state index contributed by atoms with van der Waals surface area (Å²) in [6.45, 7) is 13.1. The summed E-state index contributed by atoms with van der Waals surface area (Å²) >= 11 is 0. The minimum absolute atomic E-state index is 0.0196. The number of nitrogens with zero attached hydrogens (tertiary/aromatic N) is 1. The molecule has 4 rings (SSSR count). The van der Waals surface area contributed by atoms with Gasteiger partial charge in [-0.1, -0.05) is 53.4 Å². The van der Waals surface area contributed by atoms with Gasteiger partial charge in [0.05, 0.1) is 6.04 Å². The van der Waals surface area contributed by atoms with Gasteiger partial charge < -0.3 is 30.9 Å². The lowest BCUT2D eigenvalue weighted by Crippen LogP contribution is -2.62. The maximum Gasteiger partial charge on any atom is 0.408 e. The van der Waals surface area contributed by atoms with Crippen molar-refractivity contribution in [3.05, 3.63) is 0 Å². The molecule has 1 aliphatic heterocycles. The molecule has 0 spiro atoms. The number of alkyl carbamates (subject to hydrolysis) is 1. The van der Waals surface area contributed by atoms with Crippen molar-refractivity contribution in [3.8, 4) is 0 Å². The molecular weight excluding hydrogens is 590 g/mol. The van der Waals surface area contributed by atoms with E-state index in [2.05, 4.69) is 21.3 Å². The maximum atomic E-state index is 14.3. The number of likely N-dealkylation sites (tertiary alicyclic amines) is 1. The second-order valence-corrected chi connectivity index (χ2v) is 15.9. The number of rotatable bonds is 12. The maximum absolute atomic E-state index is 14.3. The Bertz CT molecular complexity index is 1180. The Morgan fingerprint density at radius 3 is 2.09 bits per heavy atom. The molecule has 4 aliphatic rings. The van der Waals surface area contributed by atoms with Crippen LogP contribution in [0.1, 0.15) is 113 Å². The Labute approximate surface area is 273 Å². The monoisotopic (exact) mass is 645 g/mol. The topological polar surface area (TPSA) is 163 Å². The number of hydrogen-bond donors (Lipinski definition) is 4. The second-order valence-electron chi connectivity index (χ2n) is 15.9. The van der Waals surface area contributed by atoms with Crippen LogP contribution in [-0.2, 0) is 28.7 Å². The Hall–Kier alpha value is -3.18. The molecule has 5 amide bonds. The highest BCUT2D eigenvalue weighted by Gasteiger charge is 2.58. The molecular formula is C34H55N5O7. The predicted molar refractivity (Wildman–Crippen MR) is 171 cm³/mol. The van der Waals surface area contributed by atoms with Crippen molar-refractivity contribution in [1.82, 2.24) is 26.2 Å². The van der Waals surface area contributed by atoms with Gasteiger partial charge in [-0.05, 0) is 82.5 Å². The van der Waals surface area contributed by atoms with Gasteiger partial charge >= 0.3 is 6.09 Å². The lowest BCUT2D eigenvalue weighted by Gasteiger charge is -2.38. The standard InChI is InChI=1S/C34H55N5O7/c1-8-12-23(26(40)30(43)35-21-15-16-21)36-29(42)25-22-17-20(22)18-39(25)31(44)27(33(2,3)4)38-28(41)24(19-13-10-9-11-14-19)37-32(45)46-34(5,6)7/h19-25,27H,8-18H2,1-7H3,(H,35,43)(H,36,42)(H,37,45)(H,38,41)/t20-,22-,23-,24-,25-,27+/m0/s1. The molecule has 0 aromatic heterocycles. The molecule has 3 aliphatic carbocycles. The smallest absolute Gasteiger partial charge is 0.408 e. The van der Waals surface area contributed by atoms with Gasteiger partial charge in [0, 0.05) is 12.6 Å². The Balaban J connectivity index is 1.50. The zero-order valence-corrected chi connectivity index (χ0v) is 28.7. The van der Waals surface area contributed by atoms with Gasteiger partial charge in [-0.25, -0.2) is 4.79 Å². The Morgan fingerprint density at radius 1 is 0.870 bits per heavy atom. The summed E-state index contributed by atoms with van der Waals surface area (Å²) in [6.07, 6.45) is 7.21. The van der Waals surface area contributed by atoms with E-state index in [0.717, 1.165) is 51.4 Å². The van der Waals surface area contributed by atoms with E-state index >= 15 is 0 Å². The van der Waals surface area contributed by atoms with Crippen molar-refractivity contribution in [2.75, 3.05) is 6.54 Å². The SMILES string of the molecule is CCC[C@H](NC(=O)[C@@H]1[C@H]2C[C@H]2CN1C(=O)[C@@H](NC(=O)[C@@H](NC(=O)OC(C)(C)C)C1CCCCC1)C(C)(C)C)C(=O)C(=O)NC1CC1. The van der Waals surface area contributed by atoms with Crippen molar-refractivity contribution >= 4 is 35.5 Å². The first-order chi connectivity index (χ1) is 21.5. The van der Waals surface area contributed by atoms with E-state index in [4.69, 9.17) is 4.74 Å². The number of carbonyl (C=O) groups excluding carboxylic acids is 6. The predicted octanol–water partition coefficient (Wildman–Crippen LogP) is 2.97. The van der Waals surface area contributed by atoms with E-state index in [1.807, 2.05) is 27.7 Å². The van der Waals surface area contributed by atoms with Crippen molar-refractivity contribution in [2.45, 2.75) is 148 Å². The van der Waals surface area contributed by atoms with Crippen LogP contribution >= 0.6 is 0 Å². The van der Waals surface area contributed by atoms with E-state index in [9.17, 15) is 28.8 Å². The molecule has 0 unspecified atom stereocenters. The molecule has 0 aromatic carbocycles. The van der Waals surface area contributed by atoms with E-state index in [1.54, 1.807) is 25.7 Å². The summed E-state index contributed by atoms with van der Waals surface area (Å²) in [6, 6.07) is -3.60. The molecule has 258 valence electrons. The van der Waals surface area contributed by atoms with Crippen LogP contribution in [0.5, 0.6) is 0 Å². The number of amides is 5. The van der Waals surface area contributed by atoms with E-state index in [0.29, 0.717) is 19.4 Å². The quantitative estimate of drug-likeness (QED) is 0.237. The minimum Gasteiger partial charge on any atom is -0.444 e. The molecule has 1 heterocycles. The molecule has 12 heteroatoms. The van der Waals surface area contributed by atoms with E-state index in [-0.39, 0.29) is 29.7 Å². The van der Waals surface area contributed by atoms with Crippen LogP contribution in [0.4, 0.5) is 4.79 Å². The number of ether oxygens (including phenoxy) is 1. The summed E-state index contributed by atoms with van der Waals surface area (Å²) in [7, 11) is 0. The van der Waals surface area contributed by atoms with Gasteiger partial charge in [0.1, 0.15) is 23.7 Å². The highest BCUT2D eigenvalue weighted by Crippen LogP contribution is 2.50. The largest absolute Gasteiger partial charge is 0.444 e. The van der Waals surface area contributed by atoms with Gasteiger partial charge in [0.15, 0.2) is 0 Å². The first kappa shape index (κ1) is 35.7. The van der Waals surface area contributed by atoms with Gasteiger partial charge in [-0.15, -0.1) is 0 Å². The van der Waals surface area contributed by atoms with Crippen molar-refractivity contribution in [2.24, 2.45) is 23.2 Å². The Kier molecular flexibility index (Phi) is 11.1. The van der Waals surface area contributed by atoms with Gasteiger partial charge in [0.2, 0.25) is 23.5 Å². The van der Waals surface area contributed by atoms with Crippen LogP contribution in [0.3, 0.4) is 0 Å². The van der Waals surface area contributed by atoms with Crippen LogP contribution in [0.25, 0.3) is 0 Å². The molecule has 4 fully saturated rings. The number of carbonyl (C=O) groups is 6. The summed E-state index contributed by atoms with van der Waals surface area (Å²) in [5.74, 6) is -2.61. The third kappa shape index (κ3) is 9.21. The summed E-state index contributed by atoms with van der Waals surface area (Å²) in [4.78, 5) is 81.8. The first-order valence-corrected chi connectivity index (χ1v) is 17.3. The summed E-state index contributed by atoms with van der Waals surface area (Å²) in [5, 5.41) is 11.3. The first-order valence-electron chi connectivity index (χ1n) is 17.3. The van der Waals surface area contributed by atoms with E-state index in [1.165, 1.54) is 0 Å². The van der Waals surface area contributed by atoms with Gasteiger partial charge in [0.25, 0.3) is 5.91 Å². The highest BCUT2D eigenvalue weighted by atomic mass is 16.6. The van der Waals surface area contributed by atoms with Crippen molar-refractivity contribution in [1.29, 1.82) is 0 Å². The molecule has 46 heavy (non-hydrogen) atoms. The zero-order chi connectivity index (χ0) is 34.0. The fraction of sp³-hybridized carbons (Fsp3) is 0.824. The molecule has 4 N–H and O–H groups in total. The molecule has 0 aromatic rings. The number of piperidine rings is 1. The molecule has 0 bridgehead atoms. The van der Waals surface area contributed by atoms with E-state index < -0.39 is 64.8 Å². The van der Waals surface area contributed by atoms with Crippen molar-refractivity contribution in [3.63, 3.8) is 0 Å². The van der Waals surface area contributed by atoms with Crippen LogP contribution in [-0.4, -0.2) is 82.8 Å². The fourth-order valence-electron chi connectivity index (χ4n) is 6.83. The number of ketones is 1.